The van der Waals surface area contributed by atoms with Crippen molar-refractivity contribution in [2.24, 2.45) is 0 Å². The van der Waals surface area contributed by atoms with Gasteiger partial charge in [-0.1, -0.05) is 0 Å². The van der Waals surface area contributed by atoms with Crippen molar-refractivity contribution in [3.63, 3.8) is 0 Å². The second kappa shape index (κ2) is 4.18. The van der Waals surface area contributed by atoms with Crippen molar-refractivity contribution in [1.82, 2.24) is 21.1 Å². The van der Waals surface area contributed by atoms with Crippen LogP contribution in [0.2, 0.25) is 0 Å². The van der Waals surface area contributed by atoms with Crippen LogP contribution in [0.25, 0.3) is 0 Å². The van der Waals surface area contributed by atoms with E-state index in [-0.39, 0.29) is 0 Å². The summed E-state index contributed by atoms with van der Waals surface area (Å²) in [6.45, 7) is 5.66. The molecule has 0 amide bonds. The molecule has 70 valence electrons. The van der Waals surface area contributed by atoms with Crippen LogP contribution in [0, 0.1) is 0 Å². The zero-order chi connectivity index (χ0) is 8.23. The van der Waals surface area contributed by atoms with Gasteiger partial charge >= 0.3 is 0 Å². The van der Waals surface area contributed by atoms with Crippen LogP contribution < -0.4 is 16.1 Å². The lowest BCUT2D eigenvalue weighted by molar-refractivity contribution is 0.149. The van der Waals surface area contributed by atoms with Gasteiger partial charge < -0.3 is 5.32 Å². The van der Waals surface area contributed by atoms with E-state index in [1.54, 1.807) is 0 Å². The normalized spacial score (nSPS) is 33.5. The molecule has 2 aliphatic rings. The third kappa shape index (κ3) is 1.95. The molecule has 0 aromatic carbocycles. The summed E-state index contributed by atoms with van der Waals surface area (Å²) in [5, 5.41) is 9.27. The Bertz CT molecular complexity index is 125. The second-order valence-electron chi connectivity index (χ2n) is 3.48. The van der Waals surface area contributed by atoms with E-state index in [4.69, 9.17) is 0 Å². The summed E-state index contributed by atoms with van der Waals surface area (Å²) < 4.78 is 0. The van der Waals surface area contributed by atoms with Crippen LogP contribution in [0.3, 0.4) is 0 Å². The van der Waals surface area contributed by atoms with Crippen molar-refractivity contribution in [1.29, 1.82) is 0 Å². The highest BCUT2D eigenvalue weighted by atomic mass is 15.6. The average molecular weight is 170 g/mol. The fourth-order valence-corrected chi connectivity index (χ4v) is 1.83. The van der Waals surface area contributed by atoms with Crippen LogP contribution in [-0.2, 0) is 0 Å². The predicted octanol–water partition coefficient (Wildman–Crippen LogP) is -0.894. The Hall–Kier alpha value is -0.160. The van der Waals surface area contributed by atoms with Crippen molar-refractivity contribution >= 4 is 0 Å². The number of nitrogens with one attached hydrogen (secondary N) is 3. The Morgan fingerprint density at radius 3 is 2.92 bits per heavy atom. The monoisotopic (exact) mass is 170 g/mol. The highest BCUT2D eigenvalue weighted by Crippen LogP contribution is 2.01. The van der Waals surface area contributed by atoms with Crippen LogP contribution in [0.4, 0.5) is 0 Å². The lowest BCUT2D eigenvalue weighted by Crippen LogP contribution is -2.52. The van der Waals surface area contributed by atoms with Gasteiger partial charge in [0.05, 0.1) is 6.17 Å². The maximum Gasteiger partial charge on any atom is 0.0859 e. The Kier molecular flexibility index (Phi) is 2.94. The zero-order valence-electron chi connectivity index (χ0n) is 7.47. The summed E-state index contributed by atoms with van der Waals surface area (Å²) in [5.74, 6) is 0. The number of hydrazine groups is 1. The molecule has 2 aliphatic heterocycles. The third-order valence-electron chi connectivity index (χ3n) is 2.51. The van der Waals surface area contributed by atoms with Crippen LogP contribution in [0.1, 0.15) is 12.8 Å². The molecule has 0 saturated carbocycles. The Balaban J connectivity index is 1.83. The summed E-state index contributed by atoms with van der Waals surface area (Å²) in [6.07, 6.45) is 3.01. The molecular weight excluding hydrogens is 152 g/mol. The molecule has 2 heterocycles. The van der Waals surface area contributed by atoms with E-state index < -0.39 is 0 Å². The van der Waals surface area contributed by atoms with E-state index in [0.29, 0.717) is 6.17 Å². The molecule has 12 heavy (non-hydrogen) atoms. The van der Waals surface area contributed by atoms with Gasteiger partial charge in [-0.2, -0.15) is 0 Å². The van der Waals surface area contributed by atoms with Gasteiger partial charge in [0.2, 0.25) is 0 Å². The van der Waals surface area contributed by atoms with Crippen molar-refractivity contribution in [3.05, 3.63) is 0 Å². The van der Waals surface area contributed by atoms with Crippen LogP contribution in [0.5, 0.6) is 0 Å². The Morgan fingerprint density at radius 1 is 1.08 bits per heavy atom. The molecule has 2 saturated heterocycles. The number of hydrogen-bond acceptors (Lipinski definition) is 4. The van der Waals surface area contributed by atoms with Gasteiger partial charge in [-0.25, -0.2) is 5.01 Å². The van der Waals surface area contributed by atoms with Crippen molar-refractivity contribution in [3.8, 4) is 0 Å². The minimum Gasteiger partial charge on any atom is -0.314 e. The number of rotatable bonds is 1. The molecule has 1 unspecified atom stereocenters. The molecule has 2 rings (SSSR count). The van der Waals surface area contributed by atoms with E-state index in [2.05, 4.69) is 21.1 Å². The Labute approximate surface area is 73.7 Å². The number of hydrogen-bond donors (Lipinski definition) is 3. The molecule has 4 heteroatoms. The van der Waals surface area contributed by atoms with Gasteiger partial charge in [0.25, 0.3) is 0 Å². The van der Waals surface area contributed by atoms with Gasteiger partial charge in [-0.3, -0.25) is 10.7 Å². The van der Waals surface area contributed by atoms with Gasteiger partial charge in [-0.15, -0.1) is 0 Å². The quantitative estimate of drug-likeness (QED) is 0.477. The summed E-state index contributed by atoms with van der Waals surface area (Å²) in [5.41, 5.74) is 3.38. The maximum absolute atomic E-state index is 3.52. The lowest BCUT2D eigenvalue weighted by Gasteiger charge is -2.26. The van der Waals surface area contributed by atoms with Gasteiger partial charge in [0, 0.05) is 19.6 Å². The summed E-state index contributed by atoms with van der Waals surface area (Å²) in [6, 6.07) is 0. The molecule has 0 aromatic heterocycles. The molecule has 4 nitrogen and oxygen atoms in total. The highest BCUT2D eigenvalue weighted by Gasteiger charge is 2.21. The first-order valence-corrected chi connectivity index (χ1v) is 4.91. The molecule has 3 N–H and O–H groups in total. The minimum absolute atomic E-state index is 0.495. The van der Waals surface area contributed by atoms with Gasteiger partial charge in [0.15, 0.2) is 0 Å². The van der Waals surface area contributed by atoms with Crippen LogP contribution in [0.15, 0.2) is 0 Å². The van der Waals surface area contributed by atoms with E-state index in [1.807, 2.05) is 0 Å². The van der Waals surface area contributed by atoms with Gasteiger partial charge in [0.1, 0.15) is 0 Å². The predicted molar refractivity (Wildman–Crippen MR) is 48.6 cm³/mol. The molecule has 1 atom stereocenters. The SMILES string of the molecule is C1CNCC(N2CCCN2)NC1. The first kappa shape index (κ1) is 8.44. The van der Waals surface area contributed by atoms with Crippen molar-refractivity contribution in [2.45, 2.75) is 19.0 Å². The van der Waals surface area contributed by atoms with Gasteiger partial charge in [-0.05, 0) is 25.9 Å². The van der Waals surface area contributed by atoms with Crippen molar-refractivity contribution in [2.75, 3.05) is 32.7 Å². The minimum atomic E-state index is 0.495. The third-order valence-corrected chi connectivity index (χ3v) is 2.51. The zero-order valence-corrected chi connectivity index (χ0v) is 7.47. The van der Waals surface area contributed by atoms with E-state index in [0.717, 1.165) is 26.2 Å². The largest absolute Gasteiger partial charge is 0.314 e. The summed E-state index contributed by atoms with van der Waals surface area (Å²) in [4.78, 5) is 0. The standard InChI is InChI=1S/C8H18N4/c1-3-9-7-8(10-4-1)12-6-2-5-11-12/h8-11H,1-7H2. The second-order valence-corrected chi connectivity index (χ2v) is 3.48. The molecule has 0 radical (unpaired) electrons. The first-order chi connectivity index (χ1) is 5.97. The molecule has 2 fully saturated rings. The summed E-state index contributed by atoms with van der Waals surface area (Å²) in [7, 11) is 0. The maximum atomic E-state index is 3.52. The van der Waals surface area contributed by atoms with Crippen molar-refractivity contribution < 1.29 is 0 Å². The van der Waals surface area contributed by atoms with E-state index in [1.165, 1.54) is 19.4 Å². The highest BCUT2D eigenvalue weighted by molar-refractivity contribution is 4.75. The summed E-state index contributed by atoms with van der Waals surface area (Å²) >= 11 is 0. The molecule has 0 aromatic rings. The smallest absolute Gasteiger partial charge is 0.0859 e. The fraction of sp³-hybridized carbons (Fsp3) is 1.00. The molecular formula is C8H18N4. The molecule has 0 aliphatic carbocycles. The molecule has 0 bridgehead atoms. The van der Waals surface area contributed by atoms with E-state index >= 15 is 0 Å². The average Bonchev–Trinajstić information content (AvgIpc) is 2.48. The molecule has 0 spiro atoms. The topological polar surface area (TPSA) is 39.3 Å². The number of nitrogens with zero attached hydrogens (tertiary/aromatic N) is 1. The van der Waals surface area contributed by atoms with E-state index in [9.17, 15) is 0 Å². The van der Waals surface area contributed by atoms with Crippen LogP contribution in [-0.4, -0.2) is 43.9 Å². The first-order valence-electron chi connectivity index (χ1n) is 4.91. The lowest BCUT2D eigenvalue weighted by atomic mass is 10.4. The Morgan fingerprint density at radius 2 is 2.08 bits per heavy atom. The van der Waals surface area contributed by atoms with Crippen LogP contribution >= 0.6 is 0 Å². The fourth-order valence-electron chi connectivity index (χ4n) is 1.83.